The van der Waals surface area contributed by atoms with Crippen LogP contribution in [0.3, 0.4) is 0 Å². The minimum absolute atomic E-state index is 0.0100. The molecule has 0 amide bonds. The molecule has 0 spiro atoms. The first kappa shape index (κ1) is 8.99. The fourth-order valence-corrected chi connectivity index (χ4v) is 1.18. The van der Waals surface area contributed by atoms with Gasteiger partial charge in [-0.3, -0.25) is 4.72 Å². The molecular weight excluding hydrogens is 176 g/mol. The zero-order valence-corrected chi connectivity index (χ0v) is 7.68. The Hall–Kier alpha value is -1.10. The van der Waals surface area contributed by atoms with Gasteiger partial charge >= 0.3 is 0 Å². The molecule has 1 unspecified atom stereocenters. The predicted octanol–water partition coefficient (Wildman–Crippen LogP) is 0.801. The molecule has 1 aromatic heterocycles. The molecular formula is C7H10N2O2S. The topological polar surface area (TPSA) is 62.2 Å². The average molecular weight is 186 g/mol. The van der Waals surface area contributed by atoms with Crippen LogP contribution >= 0.6 is 0 Å². The quantitative estimate of drug-likeness (QED) is 0.718. The SMILES string of the molecule is Cc1ccc(O)c(NS(C)=O)n1. The Labute approximate surface area is 73.2 Å². The molecule has 12 heavy (non-hydrogen) atoms. The molecule has 0 saturated carbocycles. The lowest BCUT2D eigenvalue weighted by Crippen LogP contribution is -2.03. The Balaban J connectivity index is 2.97. The van der Waals surface area contributed by atoms with Gasteiger partial charge in [-0.25, -0.2) is 9.19 Å². The van der Waals surface area contributed by atoms with Crippen molar-refractivity contribution in [1.82, 2.24) is 4.98 Å². The summed E-state index contributed by atoms with van der Waals surface area (Å²) in [5.74, 6) is 0.270. The highest BCUT2D eigenvalue weighted by atomic mass is 32.2. The number of aromatic hydroxyl groups is 1. The highest BCUT2D eigenvalue weighted by Crippen LogP contribution is 2.19. The first-order chi connectivity index (χ1) is 5.59. The van der Waals surface area contributed by atoms with Crippen molar-refractivity contribution in [1.29, 1.82) is 0 Å². The minimum atomic E-state index is -1.21. The van der Waals surface area contributed by atoms with Crippen molar-refractivity contribution < 1.29 is 9.32 Å². The van der Waals surface area contributed by atoms with Crippen LogP contribution in [-0.4, -0.2) is 20.6 Å². The summed E-state index contributed by atoms with van der Waals surface area (Å²) in [5.41, 5.74) is 0.765. The van der Waals surface area contributed by atoms with Crippen LogP contribution in [-0.2, 0) is 11.0 Å². The van der Waals surface area contributed by atoms with E-state index in [1.165, 1.54) is 12.3 Å². The smallest absolute Gasteiger partial charge is 0.180 e. The molecule has 4 nitrogen and oxygen atoms in total. The monoisotopic (exact) mass is 186 g/mol. The number of hydrogen-bond acceptors (Lipinski definition) is 3. The second-order valence-electron chi connectivity index (χ2n) is 2.38. The number of rotatable bonds is 2. The van der Waals surface area contributed by atoms with E-state index in [1.807, 2.05) is 0 Å². The van der Waals surface area contributed by atoms with Crippen LogP contribution in [0.15, 0.2) is 12.1 Å². The maximum Gasteiger partial charge on any atom is 0.180 e. The Morgan fingerprint density at radius 2 is 2.25 bits per heavy atom. The number of anilines is 1. The van der Waals surface area contributed by atoms with E-state index < -0.39 is 11.0 Å². The second kappa shape index (κ2) is 3.53. The van der Waals surface area contributed by atoms with Gasteiger partial charge in [-0.15, -0.1) is 0 Å². The van der Waals surface area contributed by atoms with Gasteiger partial charge in [-0.2, -0.15) is 0 Å². The maximum atomic E-state index is 10.7. The highest BCUT2D eigenvalue weighted by molar-refractivity contribution is 7.85. The van der Waals surface area contributed by atoms with E-state index in [4.69, 9.17) is 0 Å². The molecule has 2 N–H and O–H groups in total. The standard InChI is InChI=1S/C7H10N2O2S/c1-5-3-4-6(10)7(8-5)9-12(2)11/h3-4,10H,1-2H3,(H,8,9). The number of nitrogens with one attached hydrogen (secondary N) is 1. The van der Waals surface area contributed by atoms with Crippen LogP contribution in [0, 0.1) is 6.92 Å². The van der Waals surface area contributed by atoms with Crippen molar-refractivity contribution in [3.63, 3.8) is 0 Å². The first-order valence-corrected chi connectivity index (χ1v) is 4.92. The van der Waals surface area contributed by atoms with E-state index in [0.29, 0.717) is 0 Å². The van der Waals surface area contributed by atoms with Gasteiger partial charge in [0.15, 0.2) is 11.6 Å². The van der Waals surface area contributed by atoms with Gasteiger partial charge in [0.2, 0.25) is 0 Å². The number of pyridine rings is 1. The predicted molar refractivity (Wildman–Crippen MR) is 48.3 cm³/mol. The first-order valence-electron chi connectivity index (χ1n) is 3.36. The molecule has 1 aromatic rings. The molecule has 5 heteroatoms. The van der Waals surface area contributed by atoms with Gasteiger partial charge in [-0.1, -0.05) is 0 Å². The van der Waals surface area contributed by atoms with Gasteiger partial charge < -0.3 is 5.11 Å². The summed E-state index contributed by atoms with van der Waals surface area (Å²) in [6, 6.07) is 3.19. The summed E-state index contributed by atoms with van der Waals surface area (Å²) < 4.78 is 13.3. The van der Waals surface area contributed by atoms with E-state index in [0.717, 1.165) is 5.69 Å². The van der Waals surface area contributed by atoms with Crippen LogP contribution in [0.4, 0.5) is 5.82 Å². The molecule has 1 rings (SSSR count). The third kappa shape index (κ3) is 2.20. The van der Waals surface area contributed by atoms with Crippen molar-refractivity contribution in [3.8, 4) is 5.75 Å². The van der Waals surface area contributed by atoms with Gasteiger partial charge in [0.1, 0.15) is 11.0 Å². The molecule has 0 aromatic carbocycles. The summed E-state index contributed by atoms with van der Waals surface area (Å²) in [6.45, 7) is 1.79. The van der Waals surface area contributed by atoms with Crippen molar-refractivity contribution in [2.75, 3.05) is 11.0 Å². The van der Waals surface area contributed by atoms with Crippen LogP contribution in [0.2, 0.25) is 0 Å². The van der Waals surface area contributed by atoms with Crippen LogP contribution in [0.5, 0.6) is 5.75 Å². The fourth-order valence-electron chi connectivity index (χ4n) is 0.761. The lowest BCUT2D eigenvalue weighted by atomic mass is 10.3. The van der Waals surface area contributed by atoms with E-state index >= 15 is 0 Å². The lowest BCUT2D eigenvalue weighted by molar-refractivity contribution is 0.475. The molecule has 0 aliphatic rings. The summed E-state index contributed by atoms with van der Waals surface area (Å²) >= 11 is 0. The third-order valence-corrected chi connectivity index (χ3v) is 1.73. The lowest BCUT2D eigenvalue weighted by Gasteiger charge is -2.04. The Morgan fingerprint density at radius 3 is 2.83 bits per heavy atom. The molecule has 0 fully saturated rings. The third-order valence-electron chi connectivity index (χ3n) is 1.25. The van der Waals surface area contributed by atoms with E-state index in [1.54, 1.807) is 13.0 Å². The molecule has 0 aliphatic heterocycles. The summed E-state index contributed by atoms with van der Waals surface area (Å²) in [5, 5.41) is 9.22. The minimum Gasteiger partial charge on any atom is -0.504 e. The fraction of sp³-hybridized carbons (Fsp3) is 0.286. The van der Waals surface area contributed by atoms with E-state index in [9.17, 15) is 9.32 Å². The highest BCUT2D eigenvalue weighted by Gasteiger charge is 2.02. The average Bonchev–Trinajstić information content (AvgIpc) is 1.96. The molecule has 1 heterocycles. The summed E-state index contributed by atoms with van der Waals surface area (Å²) in [4.78, 5) is 3.96. The number of aromatic nitrogens is 1. The van der Waals surface area contributed by atoms with Gasteiger partial charge in [0, 0.05) is 11.9 Å². The van der Waals surface area contributed by atoms with Gasteiger partial charge in [-0.05, 0) is 19.1 Å². The number of nitrogens with zero attached hydrogens (tertiary/aromatic N) is 1. The molecule has 0 radical (unpaired) electrons. The van der Waals surface area contributed by atoms with Crippen LogP contribution < -0.4 is 4.72 Å². The number of aryl methyl sites for hydroxylation is 1. The molecule has 1 atom stereocenters. The largest absolute Gasteiger partial charge is 0.504 e. The zero-order valence-electron chi connectivity index (χ0n) is 6.87. The van der Waals surface area contributed by atoms with Crippen LogP contribution in [0.25, 0.3) is 0 Å². The molecule has 66 valence electrons. The maximum absolute atomic E-state index is 10.7. The Bertz CT molecular complexity index is 314. The Kier molecular flexibility index (Phi) is 2.65. The zero-order chi connectivity index (χ0) is 9.14. The van der Waals surface area contributed by atoms with Crippen LogP contribution in [0.1, 0.15) is 5.69 Å². The molecule has 0 aliphatic carbocycles. The van der Waals surface area contributed by atoms with Crippen molar-refractivity contribution in [3.05, 3.63) is 17.8 Å². The van der Waals surface area contributed by atoms with Crippen molar-refractivity contribution in [2.45, 2.75) is 6.92 Å². The van der Waals surface area contributed by atoms with Crippen molar-refractivity contribution in [2.24, 2.45) is 0 Å². The molecule has 0 bridgehead atoms. The molecule has 0 saturated heterocycles. The number of hydrogen-bond donors (Lipinski definition) is 2. The Morgan fingerprint density at radius 1 is 1.58 bits per heavy atom. The van der Waals surface area contributed by atoms with Gasteiger partial charge in [0.25, 0.3) is 0 Å². The second-order valence-corrected chi connectivity index (χ2v) is 3.49. The normalized spacial score (nSPS) is 12.5. The summed E-state index contributed by atoms with van der Waals surface area (Å²) in [6.07, 6.45) is 1.48. The van der Waals surface area contributed by atoms with Gasteiger partial charge in [0.05, 0.1) is 0 Å². The van der Waals surface area contributed by atoms with E-state index in [2.05, 4.69) is 9.71 Å². The van der Waals surface area contributed by atoms with Crippen molar-refractivity contribution >= 4 is 16.8 Å². The van der Waals surface area contributed by atoms with E-state index in [-0.39, 0.29) is 11.6 Å². The summed E-state index contributed by atoms with van der Waals surface area (Å²) in [7, 11) is -1.21.